The molecular formula is C62H46Mn2N4O18+2. The van der Waals surface area contributed by atoms with E-state index in [1.54, 1.807) is 24.8 Å². The number of pyridine rings is 4. The van der Waals surface area contributed by atoms with E-state index < -0.39 is 35.8 Å². The summed E-state index contributed by atoms with van der Waals surface area (Å²) in [7, 11) is 0. The van der Waals surface area contributed by atoms with E-state index >= 15 is 0 Å². The Bertz CT molecular complexity index is 3390. The van der Waals surface area contributed by atoms with Gasteiger partial charge in [-0.3, -0.25) is 19.9 Å². The zero-order valence-electron chi connectivity index (χ0n) is 44.2. The summed E-state index contributed by atoms with van der Waals surface area (Å²) < 4.78 is 22.2. The number of rotatable bonds is 16. The smallest absolute Gasteiger partial charge is 0.545 e. The molecule has 0 saturated heterocycles. The number of ether oxygens (including phenoxy) is 4. The standard InChI is InChI=1S/2C21H14O8.2C10H8N2.2Mn.2H2O/c2*22-19(23)12-3-1-5-15(7-12)28-17-9-14(21(26)27)10-18(11-17)29-16-6-2-4-13(8-16)20(24)25;2*1-3-7-11-9(5-1)10-6-2-4-8-12-10;;;;/h2*1-11H,(H,22,23)(H,24,25)(H,26,27);2*1-8H;;;2*1H2/q;;;;2*+2;;/p-2. The van der Waals surface area contributed by atoms with Crippen LogP contribution in [0.4, 0.5) is 0 Å². The number of aromatic carboxylic acids is 6. The zero-order valence-corrected chi connectivity index (χ0v) is 46.6. The zero-order chi connectivity index (χ0) is 58.4. The molecule has 0 atom stereocenters. The predicted molar refractivity (Wildman–Crippen MR) is 295 cm³/mol. The second-order valence-electron chi connectivity index (χ2n) is 16.5. The molecule has 0 aliphatic carbocycles. The maximum absolute atomic E-state index is 11.3. The van der Waals surface area contributed by atoms with Crippen molar-refractivity contribution in [3.63, 3.8) is 0 Å². The second-order valence-corrected chi connectivity index (χ2v) is 16.5. The van der Waals surface area contributed by atoms with Crippen molar-refractivity contribution in [2.24, 2.45) is 0 Å². The van der Waals surface area contributed by atoms with Gasteiger partial charge in [-0.1, -0.05) is 60.7 Å². The molecule has 0 amide bonds. The summed E-state index contributed by atoms with van der Waals surface area (Å²) in [5.41, 5.74) is 2.93. The van der Waals surface area contributed by atoms with E-state index in [0.717, 1.165) is 22.8 Å². The van der Waals surface area contributed by atoms with Crippen LogP contribution >= 0.6 is 0 Å². The summed E-state index contributed by atoms with van der Waals surface area (Å²) in [5.74, 6) is -7.20. The number of aromatic nitrogens is 4. The molecular weight excluding hydrogens is 1200 g/mol. The number of hydrogen-bond donors (Lipinski definition) is 2. The molecule has 0 unspecified atom stereocenters. The van der Waals surface area contributed by atoms with Crippen LogP contribution in [0.25, 0.3) is 22.8 Å². The summed E-state index contributed by atoms with van der Waals surface area (Å²) in [6, 6.07) is 52.9. The van der Waals surface area contributed by atoms with Crippen molar-refractivity contribution in [2.45, 2.75) is 0 Å². The number of benzene rings is 6. The van der Waals surface area contributed by atoms with Crippen LogP contribution in [0.5, 0.6) is 46.0 Å². The average Bonchev–Trinajstić information content (AvgIpc) is 3.55. The summed E-state index contributed by atoms with van der Waals surface area (Å²) in [6.45, 7) is 0. The molecule has 10 aromatic rings. The first kappa shape index (κ1) is 69.2. The molecule has 4 aromatic heterocycles. The quantitative estimate of drug-likeness (QED) is 0.0848. The van der Waals surface area contributed by atoms with Crippen LogP contribution < -0.4 is 39.4 Å². The fourth-order valence-corrected chi connectivity index (χ4v) is 6.97. The van der Waals surface area contributed by atoms with Crippen LogP contribution in [0.15, 0.2) is 231 Å². The van der Waals surface area contributed by atoms with E-state index in [1.807, 2.05) is 72.8 Å². The minimum Gasteiger partial charge on any atom is -0.545 e. The van der Waals surface area contributed by atoms with Crippen LogP contribution in [0.2, 0.25) is 0 Å². The number of hydrogen-bond acceptors (Lipinski definition) is 18. The molecule has 0 saturated carbocycles. The number of carboxylic acids is 6. The third kappa shape index (κ3) is 21.3. The SMILES string of the molecule is O=C([O-])c1cccc(Oc2cc(Oc3cccc(C(=O)O)c3)cc(C(=O)[O-])c2)c1.O=C([O-])c1cccc(Oc2cc(Oc3cccc(C(=O)O)c3)cc(C(=O)[O-])c2)c1.[Mn+2].[Mn+2].[OH3+].[OH3+].c1ccc(-c2ccccn2)nc1.c1ccc(-c2ccccn2)nc1. The Morgan fingerprint density at radius 2 is 0.500 bits per heavy atom. The largest absolute Gasteiger partial charge is 2.00 e. The molecule has 86 heavy (non-hydrogen) atoms. The molecule has 24 heteroatoms. The molecule has 0 spiro atoms. The van der Waals surface area contributed by atoms with Gasteiger partial charge in [-0.2, -0.15) is 0 Å². The van der Waals surface area contributed by atoms with Crippen molar-refractivity contribution < 1.29 is 123 Å². The molecule has 434 valence electrons. The van der Waals surface area contributed by atoms with Gasteiger partial charge in [-0.25, -0.2) is 9.59 Å². The van der Waals surface area contributed by atoms with Gasteiger partial charge < -0.3 is 79.7 Å². The molecule has 0 aliphatic rings. The average molecular weight is 1240 g/mol. The molecule has 10 rings (SSSR count). The summed E-state index contributed by atoms with van der Waals surface area (Å²) in [4.78, 5) is 83.5. The van der Waals surface area contributed by atoms with Gasteiger partial charge in [0, 0.05) is 59.2 Å². The van der Waals surface area contributed by atoms with Gasteiger partial charge in [0.2, 0.25) is 0 Å². The molecule has 4 heterocycles. The van der Waals surface area contributed by atoms with Gasteiger partial charge >= 0.3 is 46.1 Å². The molecule has 0 fully saturated rings. The van der Waals surface area contributed by atoms with Crippen molar-refractivity contribution in [3.05, 3.63) is 264 Å². The maximum Gasteiger partial charge on any atom is 2.00 e. The van der Waals surface area contributed by atoms with Crippen LogP contribution in [0, 0.1) is 0 Å². The van der Waals surface area contributed by atoms with E-state index in [4.69, 9.17) is 29.2 Å². The first-order chi connectivity index (χ1) is 39.6. The third-order valence-corrected chi connectivity index (χ3v) is 10.7. The Kier molecular flexibility index (Phi) is 27.6. The Morgan fingerprint density at radius 3 is 0.709 bits per heavy atom. The Hall–Kier alpha value is -11.1. The van der Waals surface area contributed by atoms with Gasteiger partial charge in [-0.05, 0) is 133 Å². The molecule has 2 radical (unpaired) electrons. The normalized spacial score (nSPS) is 9.58. The van der Waals surface area contributed by atoms with Crippen LogP contribution in [0.1, 0.15) is 62.1 Å². The van der Waals surface area contributed by atoms with Crippen molar-refractivity contribution in [2.75, 3.05) is 0 Å². The molecule has 22 nitrogen and oxygen atoms in total. The number of carbonyl (C=O) groups is 6. The van der Waals surface area contributed by atoms with Crippen molar-refractivity contribution in [1.29, 1.82) is 0 Å². The number of carbonyl (C=O) groups excluding carboxylic acids is 4. The van der Waals surface area contributed by atoms with Gasteiger partial charge in [0.1, 0.15) is 46.0 Å². The Balaban J connectivity index is 0.000000317. The minimum absolute atomic E-state index is 0. The van der Waals surface area contributed by atoms with Crippen molar-refractivity contribution in [1.82, 2.24) is 19.9 Å². The topological polar surface area (TPSA) is 390 Å². The second kappa shape index (κ2) is 34.4. The van der Waals surface area contributed by atoms with Gasteiger partial charge in [0.15, 0.2) is 0 Å². The van der Waals surface area contributed by atoms with E-state index in [2.05, 4.69) is 19.9 Å². The van der Waals surface area contributed by atoms with E-state index in [-0.39, 0.29) is 124 Å². The Labute approximate surface area is 509 Å². The monoisotopic (exact) mass is 1240 g/mol. The van der Waals surface area contributed by atoms with E-state index in [9.17, 15) is 49.2 Å². The molecule has 0 aliphatic heterocycles. The van der Waals surface area contributed by atoms with Crippen LogP contribution in [0.3, 0.4) is 0 Å². The number of nitrogens with zero attached hydrogens (tertiary/aromatic N) is 4. The summed E-state index contributed by atoms with van der Waals surface area (Å²) >= 11 is 0. The Morgan fingerprint density at radius 1 is 0.279 bits per heavy atom. The summed E-state index contributed by atoms with van der Waals surface area (Å²) in [6.07, 6.45) is 7.07. The van der Waals surface area contributed by atoms with Crippen LogP contribution in [-0.4, -0.2) is 66.0 Å². The van der Waals surface area contributed by atoms with Gasteiger partial charge in [-0.15, -0.1) is 0 Å². The van der Waals surface area contributed by atoms with Crippen LogP contribution in [-0.2, 0) is 45.1 Å². The maximum atomic E-state index is 11.3. The van der Waals surface area contributed by atoms with E-state index in [1.165, 1.54) is 133 Å². The van der Waals surface area contributed by atoms with Crippen molar-refractivity contribution in [3.8, 4) is 68.8 Å². The molecule has 0 bridgehead atoms. The van der Waals surface area contributed by atoms with E-state index in [0.29, 0.717) is 0 Å². The van der Waals surface area contributed by atoms with Gasteiger partial charge in [0.25, 0.3) is 0 Å². The van der Waals surface area contributed by atoms with Crippen molar-refractivity contribution >= 4 is 35.8 Å². The first-order valence-corrected chi connectivity index (χ1v) is 24.0. The van der Waals surface area contributed by atoms with Gasteiger partial charge in [0.05, 0.1) is 57.8 Å². The fourth-order valence-electron chi connectivity index (χ4n) is 6.97. The fraction of sp³-hybridized carbons (Fsp3) is 0. The summed E-state index contributed by atoms with van der Waals surface area (Å²) in [5, 5.41) is 62.7. The molecule has 6 aromatic carbocycles. The first-order valence-electron chi connectivity index (χ1n) is 24.0. The third-order valence-electron chi connectivity index (χ3n) is 10.7. The molecule has 8 N–H and O–H groups in total. The predicted octanol–water partition coefficient (Wildman–Crippen LogP) is 5.83. The number of carboxylic acid groups (broad SMARTS) is 6. The minimum atomic E-state index is -1.48.